The first-order valence-corrected chi connectivity index (χ1v) is 11.8. The van der Waals surface area contributed by atoms with Gasteiger partial charge in [0.25, 0.3) is 0 Å². The van der Waals surface area contributed by atoms with Crippen LogP contribution in [-0.2, 0) is 6.54 Å². The normalized spacial score (nSPS) is 17.7. The number of rotatable bonds is 5. The molecule has 0 bridgehead atoms. The first kappa shape index (κ1) is 22.4. The fourth-order valence-corrected chi connectivity index (χ4v) is 5.20. The lowest BCUT2D eigenvalue weighted by Gasteiger charge is -2.28. The summed E-state index contributed by atoms with van der Waals surface area (Å²) in [4.78, 5) is 11.0. The van der Waals surface area contributed by atoms with Crippen molar-refractivity contribution in [3.05, 3.63) is 106 Å². The van der Waals surface area contributed by atoms with Crippen molar-refractivity contribution in [3.8, 4) is 11.4 Å². The molecule has 2 atom stereocenters. The highest BCUT2D eigenvalue weighted by Crippen LogP contribution is 2.42. The number of nitrogens with one attached hydrogen (secondary N) is 1. The first-order chi connectivity index (χ1) is 16.4. The average molecular weight is 490 g/mol. The van der Waals surface area contributed by atoms with E-state index in [1.54, 1.807) is 36.8 Å². The molecule has 0 saturated carbocycles. The summed E-state index contributed by atoms with van der Waals surface area (Å²) < 4.78 is 2.04. The van der Waals surface area contributed by atoms with Crippen LogP contribution < -0.4 is 5.32 Å². The van der Waals surface area contributed by atoms with Crippen molar-refractivity contribution < 1.29 is 5.11 Å². The molecule has 4 heterocycles. The van der Waals surface area contributed by atoms with Crippen molar-refractivity contribution in [1.82, 2.24) is 24.8 Å². The van der Waals surface area contributed by atoms with E-state index in [0.717, 1.165) is 28.2 Å². The lowest BCUT2D eigenvalue weighted by Crippen LogP contribution is -2.29. The number of thiocarbonyl (C=S) groups is 1. The molecule has 8 heteroatoms. The van der Waals surface area contributed by atoms with E-state index in [0.29, 0.717) is 22.4 Å². The molecule has 0 amide bonds. The Kier molecular flexibility index (Phi) is 5.98. The van der Waals surface area contributed by atoms with Crippen LogP contribution in [0.4, 0.5) is 0 Å². The van der Waals surface area contributed by atoms with Crippen LogP contribution in [0.15, 0.2) is 73.2 Å². The van der Waals surface area contributed by atoms with Crippen molar-refractivity contribution in [2.45, 2.75) is 32.5 Å². The van der Waals surface area contributed by atoms with Crippen LogP contribution in [0.1, 0.15) is 40.3 Å². The largest absolute Gasteiger partial charge is 0.506 e. The van der Waals surface area contributed by atoms with Crippen LogP contribution in [0, 0.1) is 13.8 Å². The molecular weight excluding hydrogens is 466 g/mol. The Balaban J connectivity index is 1.64. The molecule has 34 heavy (non-hydrogen) atoms. The summed E-state index contributed by atoms with van der Waals surface area (Å²) in [6, 6.07) is 16.9. The maximum atomic E-state index is 10.6. The minimum atomic E-state index is -0.127. The Labute approximate surface area is 208 Å². The van der Waals surface area contributed by atoms with Crippen LogP contribution in [-0.4, -0.2) is 29.7 Å². The number of benzene rings is 1. The van der Waals surface area contributed by atoms with E-state index < -0.39 is 0 Å². The molecule has 1 aliphatic heterocycles. The summed E-state index contributed by atoms with van der Waals surface area (Å²) in [6.45, 7) is 4.72. The number of aromatic hydroxyl groups is 1. The van der Waals surface area contributed by atoms with E-state index in [1.807, 2.05) is 41.8 Å². The predicted octanol–water partition coefficient (Wildman–Crippen LogP) is 5.42. The van der Waals surface area contributed by atoms with Crippen LogP contribution in [0.3, 0.4) is 0 Å². The molecule has 172 valence electrons. The van der Waals surface area contributed by atoms with Crippen LogP contribution >= 0.6 is 23.8 Å². The van der Waals surface area contributed by atoms with Gasteiger partial charge in [0.15, 0.2) is 5.11 Å². The van der Waals surface area contributed by atoms with Gasteiger partial charge in [-0.25, -0.2) is 0 Å². The monoisotopic (exact) mass is 489 g/mol. The summed E-state index contributed by atoms with van der Waals surface area (Å²) in [5, 5.41) is 15.3. The van der Waals surface area contributed by atoms with E-state index in [4.69, 9.17) is 23.8 Å². The van der Waals surface area contributed by atoms with E-state index in [2.05, 4.69) is 33.2 Å². The van der Waals surface area contributed by atoms with Crippen molar-refractivity contribution >= 4 is 28.9 Å². The number of halogens is 1. The lowest BCUT2D eigenvalue weighted by atomic mass is 9.96. The fourth-order valence-electron chi connectivity index (χ4n) is 4.73. The Hall–Kier alpha value is -3.42. The highest BCUT2D eigenvalue weighted by molar-refractivity contribution is 7.80. The molecule has 5 rings (SSSR count). The zero-order chi connectivity index (χ0) is 23.8. The van der Waals surface area contributed by atoms with E-state index in [1.165, 1.54) is 0 Å². The van der Waals surface area contributed by atoms with Crippen molar-refractivity contribution in [2.24, 2.45) is 0 Å². The first-order valence-electron chi connectivity index (χ1n) is 11.0. The Bertz CT molecular complexity index is 1340. The molecule has 6 nitrogen and oxygen atoms in total. The Morgan fingerprint density at radius 2 is 1.85 bits per heavy atom. The molecular formula is C26H24ClN5OS. The number of hydrogen-bond acceptors (Lipinski definition) is 4. The summed E-state index contributed by atoms with van der Waals surface area (Å²) in [7, 11) is 0. The second-order valence-corrected chi connectivity index (χ2v) is 9.23. The maximum Gasteiger partial charge on any atom is 0.170 e. The van der Waals surface area contributed by atoms with Gasteiger partial charge in [-0.1, -0.05) is 17.7 Å². The van der Waals surface area contributed by atoms with Gasteiger partial charge in [0.2, 0.25) is 0 Å². The molecule has 0 unspecified atom stereocenters. The second-order valence-electron chi connectivity index (χ2n) is 8.40. The van der Waals surface area contributed by atoms with Gasteiger partial charge in [-0.2, -0.15) is 0 Å². The zero-order valence-electron chi connectivity index (χ0n) is 18.8. The third kappa shape index (κ3) is 4.02. The topological polar surface area (TPSA) is 66.2 Å². The molecule has 1 fully saturated rings. The molecule has 0 spiro atoms. The quantitative estimate of drug-likeness (QED) is 0.365. The molecule has 0 radical (unpaired) electrons. The summed E-state index contributed by atoms with van der Waals surface area (Å²) in [5.41, 5.74) is 5.79. The molecule has 3 aromatic heterocycles. The average Bonchev–Trinajstić information content (AvgIpc) is 3.31. The number of phenols is 1. The van der Waals surface area contributed by atoms with Crippen molar-refractivity contribution in [1.29, 1.82) is 0 Å². The second kappa shape index (κ2) is 9.08. The van der Waals surface area contributed by atoms with Gasteiger partial charge < -0.3 is 19.9 Å². The minimum Gasteiger partial charge on any atom is -0.506 e. The van der Waals surface area contributed by atoms with Gasteiger partial charge >= 0.3 is 0 Å². The van der Waals surface area contributed by atoms with Gasteiger partial charge in [0.05, 0.1) is 23.5 Å². The zero-order valence-corrected chi connectivity index (χ0v) is 20.4. The molecule has 1 aliphatic rings. The summed E-state index contributed by atoms with van der Waals surface area (Å²) in [5.74, 6) is 0.174. The molecule has 0 aliphatic carbocycles. The number of nitrogens with zero attached hydrogens (tertiary/aromatic N) is 4. The van der Waals surface area contributed by atoms with E-state index >= 15 is 0 Å². The Morgan fingerprint density at radius 1 is 1.06 bits per heavy atom. The number of pyridine rings is 2. The van der Waals surface area contributed by atoms with Crippen molar-refractivity contribution in [3.63, 3.8) is 0 Å². The van der Waals surface area contributed by atoms with Crippen molar-refractivity contribution in [2.75, 3.05) is 0 Å². The number of hydrogen-bond donors (Lipinski definition) is 2. The third-order valence-electron chi connectivity index (χ3n) is 6.27. The minimum absolute atomic E-state index is 0.100. The number of phenolic OH excluding ortho intramolecular Hbond substituents is 1. The van der Waals surface area contributed by atoms with Crippen LogP contribution in [0.25, 0.3) is 5.69 Å². The Morgan fingerprint density at radius 3 is 2.59 bits per heavy atom. The highest BCUT2D eigenvalue weighted by Gasteiger charge is 2.41. The number of aryl methyl sites for hydroxylation is 1. The van der Waals surface area contributed by atoms with Crippen LogP contribution in [0.5, 0.6) is 5.75 Å². The van der Waals surface area contributed by atoms with E-state index in [-0.39, 0.29) is 17.8 Å². The van der Waals surface area contributed by atoms with Gasteiger partial charge in [-0.05, 0) is 85.7 Å². The van der Waals surface area contributed by atoms with Gasteiger partial charge in [-0.15, -0.1) is 0 Å². The predicted molar refractivity (Wildman–Crippen MR) is 137 cm³/mol. The smallest absolute Gasteiger partial charge is 0.170 e. The number of aromatic nitrogens is 3. The summed E-state index contributed by atoms with van der Waals surface area (Å²) >= 11 is 12.1. The van der Waals surface area contributed by atoms with Crippen LogP contribution in [0.2, 0.25) is 5.02 Å². The molecule has 4 aromatic rings. The fraction of sp³-hybridized carbons (Fsp3) is 0.192. The maximum absolute atomic E-state index is 10.6. The SMILES string of the molecule is Cc1cc([C@H]2[C@@H](c3ccccn3)NC(=S)N2Cc2ccncc2)c(C)n1-c1cc(Cl)ccc1O. The molecule has 1 aromatic carbocycles. The summed E-state index contributed by atoms with van der Waals surface area (Å²) in [6.07, 6.45) is 5.39. The third-order valence-corrected chi connectivity index (χ3v) is 6.85. The molecule has 2 N–H and O–H groups in total. The standard InChI is InChI=1S/C26H24ClN5OS/c1-16-13-20(17(2)32(16)22-14-19(27)6-7-23(22)33)25-24(21-5-3-4-10-29-21)30-26(34)31(25)15-18-8-11-28-12-9-18/h3-14,24-25,33H,15H2,1-2H3,(H,30,34)/t24-,25+/m1/s1. The van der Waals surface area contributed by atoms with Gasteiger partial charge in [-0.3, -0.25) is 9.97 Å². The lowest BCUT2D eigenvalue weighted by molar-refractivity contribution is 0.310. The van der Waals surface area contributed by atoms with E-state index in [9.17, 15) is 5.11 Å². The molecule has 1 saturated heterocycles. The van der Waals surface area contributed by atoms with Gasteiger partial charge in [0.1, 0.15) is 5.75 Å². The van der Waals surface area contributed by atoms with Gasteiger partial charge in [0, 0.05) is 41.5 Å². The highest BCUT2D eigenvalue weighted by atomic mass is 35.5.